The topological polar surface area (TPSA) is 46.3 Å². The summed E-state index contributed by atoms with van der Waals surface area (Å²) in [6, 6.07) is 7.98. The standard InChI is InChI=1S/C13H18N2O/c1-10-2-4-11(5-3-10)13(16)9-15-7-6-12(14)8-15/h2-5,12H,6-9,14H2,1H3. The van der Waals surface area contributed by atoms with Gasteiger partial charge in [-0.15, -0.1) is 0 Å². The van der Waals surface area contributed by atoms with Gasteiger partial charge in [0.25, 0.3) is 0 Å². The van der Waals surface area contributed by atoms with Gasteiger partial charge in [0, 0.05) is 24.7 Å². The third-order valence-corrected chi connectivity index (χ3v) is 3.05. The van der Waals surface area contributed by atoms with E-state index in [2.05, 4.69) is 4.90 Å². The summed E-state index contributed by atoms with van der Waals surface area (Å²) in [5.74, 6) is 0.189. The van der Waals surface area contributed by atoms with Gasteiger partial charge in [-0.05, 0) is 13.3 Å². The first-order valence-electron chi connectivity index (χ1n) is 5.73. The summed E-state index contributed by atoms with van der Waals surface area (Å²) < 4.78 is 0. The largest absolute Gasteiger partial charge is 0.326 e. The summed E-state index contributed by atoms with van der Waals surface area (Å²) in [5, 5.41) is 0. The van der Waals surface area contributed by atoms with Gasteiger partial charge in [0.15, 0.2) is 5.78 Å². The van der Waals surface area contributed by atoms with Crippen LogP contribution in [-0.4, -0.2) is 36.4 Å². The van der Waals surface area contributed by atoms with E-state index in [0.717, 1.165) is 25.1 Å². The predicted octanol–water partition coefficient (Wildman–Crippen LogP) is 1.21. The van der Waals surface area contributed by atoms with Gasteiger partial charge >= 0.3 is 0 Å². The molecule has 2 N–H and O–H groups in total. The van der Waals surface area contributed by atoms with Crippen molar-refractivity contribution >= 4 is 5.78 Å². The highest BCUT2D eigenvalue weighted by Gasteiger charge is 2.21. The van der Waals surface area contributed by atoms with Gasteiger partial charge in [0.1, 0.15) is 0 Å². The zero-order chi connectivity index (χ0) is 11.5. The summed E-state index contributed by atoms with van der Waals surface area (Å²) >= 11 is 0. The maximum Gasteiger partial charge on any atom is 0.176 e. The summed E-state index contributed by atoms with van der Waals surface area (Å²) in [6.07, 6.45) is 1.00. The minimum Gasteiger partial charge on any atom is -0.326 e. The summed E-state index contributed by atoms with van der Waals surface area (Å²) in [4.78, 5) is 14.1. The number of aryl methyl sites for hydroxylation is 1. The van der Waals surface area contributed by atoms with Gasteiger partial charge in [-0.1, -0.05) is 29.8 Å². The highest BCUT2D eigenvalue weighted by molar-refractivity contribution is 5.97. The number of nitrogens with zero attached hydrogens (tertiary/aromatic N) is 1. The average molecular weight is 218 g/mol. The minimum absolute atomic E-state index is 0.189. The molecule has 0 radical (unpaired) electrons. The third-order valence-electron chi connectivity index (χ3n) is 3.05. The van der Waals surface area contributed by atoms with Crippen molar-refractivity contribution in [1.29, 1.82) is 0 Å². The number of likely N-dealkylation sites (tertiary alicyclic amines) is 1. The Kier molecular flexibility index (Phi) is 3.36. The van der Waals surface area contributed by atoms with Crippen molar-refractivity contribution in [3.8, 4) is 0 Å². The van der Waals surface area contributed by atoms with E-state index in [0.29, 0.717) is 6.54 Å². The lowest BCUT2D eigenvalue weighted by Gasteiger charge is -2.13. The number of nitrogens with two attached hydrogens (primary N) is 1. The first-order chi connectivity index (χ1) is 7.65. The van der Waals surface area contributed by atoms with E-state index in [4.69, 9.17) is 5.73 Å². The third kappa shape index (κ3) is 2.68. The first kappa shape index (κ1) is 11.3. The molecule has 1 aromatic carbocycles. The van der Waals surface area contributed by atoms with E-state index >= 15 is 0 Å². The van der Waals surface area contributed by atoms with Crippen molar-refractivity contribution in [3.05, 3.63) is 35.4 Å². The molecule has 0 bridgehead atoms. The van der Waals surface area contributed by atoms with Gasteiger partial charge in [-0.25, -0.2) is 0 Å². The first-order valence-corrected chi connectivity index (χ1v) is 5.73. The van der Waals surface area contributed by atoms with Crippen molar-refractivity contribution in [1.82, 2.24) is 4.90 Å². The van der Waals surface area contributed by atoms with Crippen LogP contribution >= 0.6 is 0 Å². The van der Waals surface area contributed by atoms with Crippen LogP contribution in [0.4, 0.5) is 0 Å². The molecular weight excluding hydrogens is 200 g/mol. The molecule has 1 aliphatic rings. The number of hydrogen-bond donors (Lipinski definition) is 1. The zero-order valence-electron chi connectivity index (χ0n) is 9.65. The molecule has 1 heterocycles. The summed E-state index contributed by atoms with van der Waals surface area (Å²) in [7, 11) is 0. The van der Waals surface area contributed by atoms with Crippen LogP contribution in [0.5, 0.6) is 0 Å². The number of rotatable bonds is 3. The average Bonchev–Trinajstić information content (AvgIpc) is 2.65. The van der Waals surface area contributed by atoms with Gasteiger partial charge < -0.3 is 5.73 Å². The second-order valence-electron chi connectivity index (χ2n) is 4.57. The van der Waals surface area contributed by atoms with E-state index in [1.807, 2.05) is 31.2 Å². The Labute approximate surface area is 96.2 Å². The van der Waals surface area contributed by atoms with E-state index in [-0.39, 0.29) is 11.8 Å². The van der Waals surface area contributed by atoms with Crippen LogP contribution in [-0.2, 0) is 0 Å². The Morgan fingerprint density at radius 3 is 2.69 bits per heavy atom. The number of ketones is 1. The van der Waals surface area contributed by atoms with Crippen molar-refractivity contribution in [2.45, 2.75) is 19.4 Å². The van der Waals surface area contributed by atoms with Gasteiger partial charge in [-0.2, -0.15) is 0 Å². The van der Waals surface area contributed by atoms with Gasteiger partial charge in [0.05, 0.1) is 6.54 Å². The van der Waals surface area contributed by atoms with Gasteiger partial charge in [-0.3, -0.25) is 9.69 Å². The van der Waals surface area contributed by atoms with E-state index in [1.54, 1.807) is 0 Å². The van der Waals surface area contributed by atoms with E-state index in [1.165, 1.54) is 5.56 Å². The second-order valence-corrected chi connectivity index (χ2v) is 4.57. The van der Waals surface area contributed by atoms with Crippen LogP contribution in [0.1, 0.15) is 22.3 Å². The molecule has 0 aromatic heterocycles. The highest BCUT2D eigenvalue weighted by atomic mass is 16.1. The second kappa shape index (κ2) is 4.76. The Bertz CT molecular complexity index is 372. The molecule has 1 fully saturated rings. The quantitative estimate of drug-likeness (QED) is 0.776. The highest BCUT2D eigenvalue weighted by Crippen LogP contribution is 2.09. The molecular formula is C13H18N2O. The molecule has 1 saturated heterocycles. The molecule has 16 heavy (non-hydrogen) atoms. The van der Waals surface area contributed by atoms with Crippen LogP contribution < -0.4 is 5.73 Å². The zero-order valence-corrected chi connectivity index (χ0v) is 9.65. The van der Waals surface area contributed by atoms with Gasteiger partial charge in [0.2, 0.25) is 0 Å². The van der Waals surface area contributed by atoms with Crippen LogP contribution in [0.2, 0.25) is 0 Å². The molecule has 3 nitrogen and oxygen atoms in total. The lowest BCUT2D eigenvalue weighted by Crippen LogP contribution is -2.31. The summed E-state index contributed by atoms with van der Waals surface area (Å²) in [5.41, 5.74) is 7.78. The molecule has 1 unspecified atom stereocenters. The van der Waals surface area contributed by atoms with Crippen LogP contribution in [0.25, 0.3) is 0 Å². The Hall–Kier alpha value is -1.19. The maximum atomic E-state index is 11.9. The number of benzene rings is 1. The number of hydrogen-bond acceptors (Lipinski definition) is 3. The molecule has 0 spiro atoms. The van der Waals surface area contributed by atoms with E-state index < -0.39 is 0 Å². The Balaban J connectivity index is 1.95. The fourth-order valence-corrected chi connectivity index (χ4v) is 2.04. The SMILES string of the molecule is Cc1ccc(C(=O)CN2CCC(N)C2)cc1. The maximum absolute atomic E-state index is 11.9. The molecule has 2 rings (SSSR count). The monoisotopic (exact) mass is 218 g/mol. The number of carbonyl (C=O) groups is 1. The Morgan fingerprint density at radius 1 is 1.44 bits per heavy atom. The Morgan fingerprint density at radius 2 is 2.12 bits per heavy atom. The minimum atomic E-state index is 0.189. The van der Waals surface area contributed by atoms with Crippen molar-refractivity contribution in [2.24, 2.45) is 5.73 Å². The normalized spacial score (nSPS) is 21.2. The van der Waals surface area contributed by atoms with Crippen LogP contribution in [0, 0.1) is 6.92 Å². The smallest absolute Gasteiger partial charge is 0.176 e. The molecule has 0 amide bonds. The molecule has 1 atom stereocenters. The predicted molar refractivity (Wildman–Crippen MR) is 64.5 cm³/mol. The molecule has 86 valence electrons. The van der Waals surface area contributed by atoms with Crippen molar-refractivity contribution in [3.63, 3.8) is 0 Å². The molecule has 1 aromatic rings. The number of Topliss-reactive ketones (excluding diaryl/α,β-unsaturated/α-hetero) is 1. The molecule has 0 saturated carbocycles. The fourth-order valence-electron chi connectivity index (χ4n) is 2.04. The lowest BCUT2D eigenvalue weighted by atomic mass is 10.1. The summed E-state index contributed by atoms with van der Waals surface area (Å²) in [6.45, 7) is 4.31. The van der Waals surface area contributed by atoms with Crippen molar-refractivity contribution in [2.75, 3.05) is 19.6 Å². The molecule has 0 aliphatic carbocycles. The molecule has 3 heteroatoms. The van der Waals surface area contributed by atoms with Crippen LogP contribution in [0.3, 0.4) is 0 Å². The lowest BCUT2D eigenvalue weighted by molar-refractivity contribution is 0.0945. The van der Waals surface area contributed by atoms with E-state index in [9.17, 15) is 4.79 Å². The van der Waals surface area contributed by atoms with Crippen LogP contribution in [0.15, 0.2) is 24.3 Å². The van der Waals surface area contributed by atoms with Crippen molar-refractivity contribution < 1.29 is 4.79 Å². The molecule has 1 aliphatic heterocycles. The fraction of sp³-hybridized carbons (Fsp3) is 0.462. The number of carbonyl (C=O) groups excluding carboxylic acids is 1.